The number of carbonyl (C=O) groups excluding carboxylic acids is 2. The Morgan fingerprint density at radius 1 is 1.53 bits per heavy atom. The molecule has 2 heterocycles. The maximum atomic E-state index is 11.8. The summed E-state index contributed by atoms with van der Waals surface area (Å²) < 4.78 is 0. The van der Waals surface area contributed by atoms with Crippen molar-refractivity contribution in [1.29, 1.82) is 0 Å². The molecule has 80 valence electrons. The zero-order valence-electron chi connectivity index (χ0n) is 8.43. The number of hydrogen-bond acceptors (Lipinski definition) is 3. The van der Waals surface area contributed by atoms with Crippen LogP contribution in [0, 0.1) is 0 Å². The molecule has 0 aromatic carbocycles. The van der Waals surface area contributed by atoms with Crippen molar-refractivity contribution >= 4 is 11.8 Å². The molecule has 0 bridgehead atoms. The van der Waals surface area contributed by atoms with Crippen LogP contribution in [0.1, 0.15) is 10.4 Å². The molecule has 1 N–H and O–H groups in total. The van der Waals surface area contributed by atoms with Gasteiger partial charge in [0.2, 0.25) is 5.91 Å². The number of rotatable bonds is 1. The van der Waals surface area contributed by atoms with Crippen molar-refractivity contribution in [3.8, 4) is 0 Å². The minimum absolute atomic E-state index is 0.0295. The van der Waals surface area contributed by atoms with Crippen molar-refractivity contribution in [2.24, 2.45) is 0 Å². The number of nitrogens with one attached hydrogen (secondary N) is 1. The van der Waals surface area contributed by atoms with Crippen LogP contribution in [0.5, 0.6) is 0 Å². The van der Waals surface area contributed by atoms with Crippen LogP contribution in [-0.2, 0) is 4.79 Å². The summed E-state index contributed by atoms with van der Waals surface area (Å²) in [4.78, 5) is 26.4. The second kappa shape index (κ2) is 3.72. The maximum Gasteiger partial charge on any atom is 0.257 e. The number of likely N-dealkylation sites (N-methyl/N-ethyl adjacent to an activating group) is 1. The first-order valence-electron chi connectivity index (χ1n) is 4.70. The monoisotopic (exact) mass is 208 g/mol. The van der Waals surface area contributed by atoms with Gasteiger partial charge in [-0.15, -0.1) is 0 Å². The van der Waals surface area contributed by atoms with Gasteiger partial charge in [-0.25, -0.2) is 0 Å². The maximum absolute atomic E-state index is 11.8. The average Bonchev–Trinajstić information content (AvgIpc) is 2.74. The lowest BCUT2D eigenvalue weighted by Crippen LogP contribution is -2.50. The van der Waals surface area contributed by atoms with E-state index in [-0.39, 0.29) is 18.4 Å². The topological polar surface area (TPSA) is 69.3 Å². The standard InChI is InChI=1S/C9H12N4O2/c1-12-2-3-13(6-8(12)14)9(15)7-4-10-11-5-7/h4-5H,2-3,6H2,1H3,(H,10,11). The van der Waals surface area contributed by atoms with Crippen molar-refractivity contribution in [2.45, 2.75) is 0 Å². The molecule has 0 saturated carbocycles. The van der Waals surface area contributed by atoms with Crippen LogP contribution < -0.4 is 0 Å². The summed E-state index contributed by atoms with van der Waals surface area (Å²) in [5.74, 6) is -0.178. The van der Waals surface area contributed by atoms with Gasteiger partial charge in [0, 0.05) is 26.3 Å². The molecular weight excluding hydrogens is 196 g/mol. The normalized spacial score (nSPS) is 17.0. The number of aromatic nitrogens is 2. The Labute approximate surface area is 86.9 Å². The smallest absolute Gasteiger partial charge is 0.257 e. The van der Waals surface area contributed by atoms with Gasteiger partial charge in [-0.3, -0.25) is 14.7 Å². The largest absolute Gasteiger partial charge is 0.342 e. The number of amides is 2. The third-order valence-corrected chi connectivity index (χ3v) is 2.49. The zero-order valence-corrected chi connectivity index (χ0v) is 8.43. The Hall–Kier alpha value is -1.85. The summed E-state index contributed by atoms with van der Waals surface area (Å²) >= 11 is 0. The molecule has 2 amide bonds. The molecule has 0 spiro atoms. The fourth-order valence-corrected chi connectivity index (χ4v) is 1.48. The van der Waals surface area contributed by atoms with Crippen LogP contribution in [0.2, 0.25) is 0 Å². The van der Waals surface area contributed by atoms with Crippen molar-refractivity contribution in [2.75, 3.05) is 26.7 Å². The van der Waals surface area contributed by atoms with Gasteiger partial charge in [0.15, 0.2) is 0 Å². The summed E-state index contributed by atoms with van der Waals surface area (Å²) in [6.45, 7) is 1.31. The van der Waals surface area contributed by atoms with E-state index in [0.717, 1.165) is 0 Å². The molecule has 1 aliphatic heterocycles. The van der Waals surface area contributed by atoms with Crippen molar-refractivity contribution < 1.29 is 9.59 Å². The van der Waals surface area contributed by atoms with Crippen molar-refractivity contribution in [1.82, 2.24) is 20.0 Å². The van der Waals surface area contributed by atoms with Gasteiger partial charge in [0.05, 0.1) is 11.8 Å². The van der Waals surface area contributed by atoms with E-state index in [1.54, 1.807) is 11.9 Å². The fourth-order valence-electron chi connectivity index (χ4n) is 1.48. The third-order valence-electron chi connectivity index (χ3n) is 2.49. The van der Waals surface area contributed by atoms with E-state index in [4.69, 9.17) is 0 Å². The second-order valence-electron chi connectivity index (χ2n) is 3.53. The lowest BCUT2D eigenvalue weighted by molar-refractivity contribution is -0.133. The van der Waals surface area contributed by atoms with Crippen LogP contribution >= 0.6 is 0 Å². The Bertz CT molecular complexity index is 373. The molecule has 1 fully saturated rings. The molecule has 2 rings (SSSR count). The Kier molecular flexibility index (Phi) is 2.40. The van der Waals surface area contributed by atoms with Crippen LogP contribution in [0.15, 0.2) is 12.4 Å². The second-order valence-corrected chi connectivity index (χ2v) is 3.53. The molecule has 0 atom stereocenters. The van der Waals surface area contributed by atoms with E-state index in [9.17, 15) is 9.59 Å². The van der Waals surface area contributed by atoms with Crippen LogP contribution in [0.3, 0.4) is 0 Å². The number of nitrogens with zero attached hydrogens (tertiary/aromatic N) is 3. The molecule has 6 nitrogen and oxygen atoms in total. The molecule has 6 heteroatoms. The molecule has 0 unspecified atom stereocenters. The fraction of sp³-hybridized carbons (Fsp3) is 0.444. The first kappa shape index (κ1) is 9.70. The molecular formula is C9H12N4O2. The number of piperazine rings is 1. The summed E-state index contributed by atoms with van der Waals surface area (Å²) in [5.41, 5.74) is 0.493. The van der Waals surface area contributed by atoms with E-state index in [1.807, 2.05) is 0 Å². The highest BCUT2D eigenvalue weighted by atomic mass is 16.2. The van der Waals surface area contributed by atoms with Crippen molar-refractivity contribution in [3.05, 3.63) is 18.0 Å². The Balaban J connectivity index is 2.07. The van der Waals surface area contributed by atoms with Gasteiger partial charge < -0.3 is 9.80 Å². The quantitative estimate of drug-likeness (QED) is 0.665. The van der Waals surface area contributed by atoms with E-state index in [2.05, 4.69) is 10.2 Å². The Morgan fingerprint density at radius 2 is 2.33 bits per heavy atom. The van der Waals surface area contributed by atoms with Crippen LogP contribution in [0.4, 0.5) is 0 Å². The third kappa shape index (κ3) is 1.83. The molecule has 1 aromatic rings. The molecule has 15 heavy (non-hydrogen) atoms. The molecule has 1 aromatic heterocycles. The van der Waals surface area contributed by atoms with Crippen LogP contribution in [0.25, 0.3) is 0 Å². The Morgan fingerprint density at radius 3 is 2.93 bits per heavy atom. The van der Waals surface area contributed by atoms with Gasteiger partial charge in [-0.05, 0) is 0 Å². The van der Waals surface area contributed by atoms with E-state index in [0.29, 0.717) is 18.7 Å². The molecule has 0 aliphatic carbocycles. The highest BCUT2D eigenvalue weighted by Crippen LogP contribution is 2.06. The summed E-state index contributed by atoms with van der Waals surface area (Å²) in [7, 11) is 1.74. The first-order chi connectivity index (χ1) is 7.18. The first-order valence-corrected chi connectivity index (χ1v) is 4.70. The average molecular weight is 208 g/mol. The summed E-state index contributed by atoms with van der Waals surface area (Å²) in [6.07, 6.45) is 3.00. The van der Waals surface area contributed by atoms with Gasteiger partial charge >= 0.3 is 0 Å². The van der Waals surface area contributed by atoms with Gasteiger partial charge in [-0.1, -0.05) is 0 Å². The predicted molar refractivity (Wildman–Crippen MR) is 52.1 cm³/mol. The van der Waals surface area contributed by atoms with Gasteiger partial charge in [0.1, 0.15) is 6.54 Å². The number of carbonyl (C=O) groups is 2. The number of H-pyrrole nitrogens is 1. The lowest BCUT2D eigenvalue weighted by Gasteiger charge is -2.31. The van der Waals surface area contributed by atoms with Gasteiger partial charge in [0.25, 0.3) is 5.91 Å². The van der Waals surface area contributed by atoms with Gasteiger partial charge in [-0.2, -0.15) is 5.10 Å². The molecule has 1 aliphatic rings. The van der Waals surface area contributed by atoms with E-state index >= 15 is 0 Å². The minimum atomic E-state index is -0.148. The highest BCUT2D eigenvalue weighted by molar-refractivity contribution is 5.96. The number of aromatic amines is 1. The van der Waals surface area contributed by atoms with Crippen molar-refractivity contribution in [3.63, 3.8) is 0 Å². The highest BCUT2D eigenvalue weighted by Gasteiger charge is 2.25. The SMILES string of the molecule is CN1CCN(C(=O)c2cn[nH]c2)CC1=O. The summed E-state index contributed by atoms with van der Waals surface area (Å²) in [6, 6.07) is 0. The minimum Gasteiger partial charge on any atom is -0.342 e. The molecule has 0 radical (unpaired) electrons. The number of hydrogen-bond donors (Lipinski definition) is 1. The lowest BCUT2D eigenvalue weighted by atomic mass is 10.2. The molecule has 1 saturated heterocycles. The van der Waals surface area contributed by atoms with E-state index in [1.165, 1.54) is 17.3 Å². The van der Waals surface area contributed by atoms with E-state index < -0.39 is 0 Å². The summed E-state index contributed by atoms with van der Waals surface area (Å²) in [5, 5.41) is 6.28. The zero-order chi connectivity index (χ0) is 10.8. The van der Waals surface area contributed by atoms with Crippen LogP contribution in [-0.4, -0.2) is 58.5 Å². The predicted octanol–water partition coefficient (Wildman–Crippen LogP) is -0.676.